The van der Waals surface area contributed by atoms with Crippen LogP contribution in [0.3, 0.4) is 0 Å². The lowest BCUT2D eigenvalue weighted by molar-refractivity contribution is 0.0915. The van der Waals surface area contributed by atoms with Gasteiger partial charge in [-0.3, -0.25) is 4.79 Å². The summed E-state index contributed by atoms with van der Waals surface area (Å²) in [5.41, 5.74) is 3.52. The van der Waals surface area contributed by atoms with Crippen LogP contribution in [-0.4, -0.2) is 5.78 Å². The molecule has 0 aliphatic heterocycles. The van der Waals surface area contributed by atoms with Crippen molar-refractivity contribution < 1.29 is 4.79 Å². The highest BCUT2D eigenvalue weighted by Gasteiger charge is 2.33. The van der Waals surface area contributed by atoms with Crippen LogP contribution >= 0.6 is 0 Å². The first-order chi connectivity index (χ1) is 8.91. The van der Waals surface area contributed by atoms with Crippen molar-refractivity contribution in [3.05, 3.63) is 34.9 Å². The third-order valence-corrected chi connectivity index (χ3v) is 4.37. The van der Waals surface area contributed by atoms with Crippen LogP contribution in [0.2, 0.25) is 0 Å². The minimum Gasteiger partial charge on any atom is -0.294 e. The van der Waals surface area contributed by atoms with Crippen molar-refractivity contribution in [2.24, 2.45) is 11.8 Å². The molecular weight excluding hydrogens is 232 g/mol. The van der Waals surface area contributed by atoms with Crippen LogP contribution in [0.15, 0.2) is 18.2 Å². The number of benzene rings is 1. The largest absolute Gasteiger partial charge is 0.294 e. The predicted octanol–water partition coefficient (Wildman–Crippen LogP) is 5.16. The van der Waals surface area contributed by atoms with E-state index in [2.05, 4.69) is 52.8 Å². The van der Waals surface area contributed by atoms with Crippen LogP contribution in [0.1, 0.15) is 80.8 Å². The molecule has 1 unspecified atom stereocenters. The highest BCUT2D eigenvalue weighted by atomic mass is 16.1. The number of hydrogen-bond acceptors (Lipinski definition) is 1. The van der Waals surface area contributed by atoms with Gasteiger partial charge in [-0.15, -0.1) is 0 Å². The molecule has 1 aromatic carbocycles. The van der Waals surface area contributed by atoms with Crippen LogP contribution in [0.25, 0.3) is 0 Å². The Balaban J connectivity index is 2.35. The third-order valence-electron chi connectivity index (χ3n) is 4.37. The first-order valence-electron chi connectivity index (χ1n) is 7.59. The van der Waals surface area contributed by atoms with Crippen molar-refractivity contribution >= 4 is 5.78 Å². The molecule has 0 N–H and O–H groups in total. The molecule has 1 atom stereocenters. The number of carbonyl (C=O) groups is 1. The summed E-state index contributed by atoms with van der Waals surface area (Å²) in [5.74, 6) is 2.10. The number of carbonyl (C=O) groups excluding carboxylic acids is 1. The second kappa shape index (κ2) is 5.48. The highest BCUT2D eigenvalue weighted by molar-refractivity contribution is 5.99. The van der Waals surface area contributed by atoms with E-state index in [0.29, 0.717) is 23.5 Å². The van der Waals surface area contributed by atoms with Crippen molar-refractivity contribution in [1.29, 1.82) is 0 Å². The molecule has 0 saturated heterocycles. The van der Waals surface area contributed by atoms with Gasteiger partial charge < -0.3 is 0 Å². The zero-order chi connectivity index (χ0) is 14.2. The van der Waals surface area contributed by atoms with E-state index in [0.717, 1.165) is 5.56 Å². The van der Waals surface area contributed by atoms with Gasteiger partial charge in [0.05, 0.1) is 0 Å². The maximum atomic E-state index is 12.6. The Hall–Kier alpha value is -1.11. The van der Waals surface area contributed by atoms with Gasteiger partial charge >= 0.3 is 0 Å². The maximum absolute atomic E-state index is 12.6. The number of hydrogen-bond donors (Lipinski definition) is 0. The van der Waals surface area contributed by atoms with E-state index in [1.165, 1.54) is 24.0 Å². The van der Waals surface area contributed by atoms with Crippen LogP contribution in [-0.2, 0) is 0 Å². The molecule has 1 saturated carbocycles. The van der Waals surface area contributed by atoms with E-state index in [9.17, 15) is 4.79 Å². The number of Topliss-reactive ketones (excluding diaryl/α,β-unsaturated/α-hetero) is 1. The van der Waals surface area contributed by atoms with E-state index in [-0.39, 0.29) is 5.92 Å². The van der Waals surface area contributed by atoms with Gasteiger partial charge in [-0.05, 0) is 41.7 Å². The Bertz CT molecular complexity index is 467. The fraction of sp³-hybridized carbons (Fsp3) is 0.611. The number of ketones is 1. The summed E-state index contributed by atoms with van der Waals surface area (Å²) in [6.07, 6.45) is 2.46. The second-order valence-electron chi connectivity index (χ2n) is 6.65. The van der Waals surface area contributed by atoms with Crippen LogP contribution in [0.5, 0.6) is 0 Å². The molecular formula is C18H26O. The van der Waals surface area contributed by atoms with Crippen LogP contribution in [0.4, 0.5) is 0 Å². The van der Waals surface area contributed by atoms with Gasteiger partial charge in [0.2, 0.25) is 0 Å². The lowest BCUT2D eigenvalue weighted by Crippen LogP contribution is -2.16. The third kappa shape index (κ3) is 3.08. The van der Waals surface area contributed by atoms with Crippen molar-refractivity contribution in [2.75, 3.05) is 0 Å². The molecule has 1 fully saturated rings. The minimum atomic E-state index is 0.197. The lowest BCUT2D eigenvalue weighted by Gasteiger charge is -2.18. The van der Waals surface area contributed by atoms with Gasteiger partial charge in [0.15, 0.2) is 5.78 Å². The standard InChI is InChI=1S/C18H26O/c1-11(2)15-8-9-16(17(10-15)12(3)4)18(19)13(5)14-6-7-14/h8-14H,6-7H2,1-5H3. The molecule has 1 aliphatic rings. The van der Waals surface area contributed by atoms with Gasteiger partial charge in [0, 0.05) is 11.5 Å². The Morgan fingerprint density at radius 1 is 1.05 bits per heavy atom. The zero-order valence-electron chi connectivity index (χ0n) is 12.9. The Morgan fingerprint density at radius 2 is 1.68 bits per heavy atom. The molecule has 2 rings (SSSR count). The smallest absolute Gasteiger partial charge is 0.166 e. The van der Waals surface area contributed by atoms with Crippen molar-refractivity contribution in [3.63, 3.8) is 0 Å². The molecule has 0 aromatic heterocycles. The van der Waals surface area contributed by atoms with E-state index >= 15 is 0 Å². The molecule has 0 amide bonds. The average molecular weight is 258 g/mol. The molecule has 1 aromatic rings. The SMILES string of the molecule is CC(C)c1ccc(C(=O)C(C)C2CC2)c(C(C)C)c1. The lowest BCUT2D eigenvalue weighted by atomic mass is 9.86. The van der Waals surface area contributed by atoms with Gasteiger partial charge in [0.25, 0.3) is 0 Å². The zero-order valence-corrected chi connectivity index (χ0v) is 12.9. The quantitative estimate of drug-likeness (QED) is 0.666. The van der Waals surface area contributed by atoms with E-state index in [1.54, 1.807) is 0 Å². The summed E-state index contributed by atoms with van der Waals surface area (Å²) in [6.45, 7) is 10.9. The summed E-state index contributed by atoms with van der Waals surface area (Å²) >= 11 is 0. The summed E-state index contributed by atoms with van der Waals surface area (Å²) < 4.78 is 0. The Morgan fingerprint density at radius 3 is 2.16 bits per heavy atom. The first-order valence-corrected chi connectivity index (χ1v) is 7.59. The van der Waals surface area contributed by atoms with Crippen LogP contribution in [0, 0.1) is 11.8 Å². The van der Waals surface area contributed by atoms with Gasteiger partial charge in [0.1, 0.15) is 0 Å². The average Bonchev–Trinajstić information content (AvgIpc) is 3.20. The van der Waals surface area contributed by atoms with Crippen LogP contribution < -0.4 is 0 Å². The van der Waals surface area contributed by atoms with E-state index in [1.807, 2.05) is 0 Å². The van der Waals surface area contributed by atoms with Crippen molar-refractivity contribution in [1.82, 2.24) is 0 Å². The molecule has 0 heterocycles. The molecule has 0 bridgehead atoms. The van der Waals surface area contributed by atoms with Gasteiger partial charge in [-0.2, -0.15) is 0 Å². The topological polar surface area (TPSA) is 17.1 Å². The molecule has 1 nitrogen and oxygen atoms in total. The second-order valence-corrected chi connectivity index (χ2v) is 6.65. The number of rotatable bonds is 5. The van der Waals surface area contributed by atoms with Crippen molar-refractivity contribution in [3.8, 4) is 0 Å². The Kier molecular flexibility index (Phi) is 4.13. The fourth-order valence-electron chi connectivity index (χ4n) is 2.70. The van der Waals surface area contributed by atoms with Gasteiger partial charge in [-0.25, -0.2) is 0 Å². The highest BCUT2D eigenvalue weighted by Crippen LogP contribution is 2.39. The predicted molar refractivity (Wildman–Crippen MR) is 80.8 cm³/mol. The monoisotopic (exact) mass is 258 g/mol. The molecule has 19 heavy (non-hydrogen) atoms. The minimum absolute atomic E-state index is 0.197. The molecule has 0 radical (unpaired) electrons. The molecule has 1 aliphatic carbocycles. The fourth-order valence-corrected chi connectivity index (χ4v) is 2.70. The summed E-state index contributed by atoms with van der Waals surface area (Å²) in [6, 6.07) is 6.43. The Labute approximate surface area is 117 Å². The van der Waals surface area contributed by atoms with E-state index < -0.39 is 0 Å². The molecule has 0 spiro atoms. The normalized spacial score (nSPS) is 17.0. The first kappa shape index (κ1) is 14.3. The van der Waals surface area contributed by atoms with Crippen molar-refractivity contribution in [2.45, 2.75) is 59.3 Å². The maximum Gasteiger partial charge on any atom is 0.166 e. The summed E-state index contributed by atoms with van der Waals surface area (Å²) in [4.78, 5) is 12.6. The molecule has 104 valence electrons. The van der Waals surface area contributed by atoms with E-state index in [4.69, 9.17) is 0 Å². The van der Waals surface area contributed by atoms with Gasteiger partial charge in [-0.1, -0.05) is 52.8 Å². The molecule has 1 heteroatoms. The summed E-state index contributed by atoms with van der Waals surface area (Å²) in [5, 5.41) is 0. The summed E-state index contributed by atoms with van der Waals surface area (Å²) in [7, 11) is 0.